The zero-order valence-electron chi connectivity index (χ0n) is 15.2. The van der Waals surface area contributed by atoms with Crippen molar-refractivity contribution in [2.45, 2.75) is 25.3 Å². The molecule has 1 amide bonds. The highest BCUT2D eigenvalue weighted by Gasteiger charge is 2.31. The molecule has 0 atom stereocenters. The molecule has 7 nitrogen and oxygen atoms in total. The second kappa shape index (κ2) is 8.66. The maximum absolute atomic E-state index is 12.8. The maximum Gasteiger partial charge on any atom is 0.273 e. The number of sulfonamides is 1. The number of aryl methyl sites for hydroxylation is 2. The lowest BCUT2D eigenvalue weighted by molar-refractivity contribution is 0.0692. The maximum atomic E-state index is 12.8. The summed E-state index contributed by atoms with van der Waals surface area (Å²) in [7, 11) is -3.55. The predicted octanol–water partition coefficient (Wildman–Crippen LogP) is 1.79. The molecule has 1 saturated heterocycles. The van der Waals surface area contributed by atoms with Gasteiger partial charge in [-0.05, 0) is 37.1 Å². The number of aromatic nitrogens is 1. The van der Waals surface area contributed by atoms with Crippen LogP contribution in [0.3, 0.4) is 0 Å². The lowest BCUT2D eigenvalue weighted by Gasteiger charge is -2.33. The lowest BCUT2D eigenvalue weighted by atomic mass is 10.1. The van der Waals surface area contributed by atoms with Crippen LogP contribution in [-0.4, -0.2) is 54.7 Å². The summed E-state index contributed by atoms with van der Waals surface area (Å²) < 4.78 is 27.1. The van der Waals surface area contributed by atoms with Gasteiger partial charge in [0.25, 0.3) is 5.91 Å². The van der Waals surface area contributed by atoms with Crippen LogP contribution in [0.15, 0.2) is 28.5 Å². The average Bonchev–Trinajstić information content (AvgIpc) is 3.12. The Bertz CT molecular complexity index is 922. The molecule has 1 aromatic carbocycles. The minimum Gasteiger partial charge on any atom is -0.335 e. The van der Waals surface area contributed by atoms with Crippen LogP contribution >= 0.6 is 23.7 Å². The number of benzene rings is 1. The number of nitrogens with two attached hydrogens (primary N) is 1. The normalized spacial score (nSPS) is 15.4. The standard InChI is InChI=1S/C17H22N4O3S2.ClH/c1-12-3-4-14(9-13(12)2)26(23,24)21-7-5-20(6-8-21)17(22)15-11-25-16(10-18)19-15;/h3-4,9,11H,5-8,10,18H2,1-2H3;1H. The molecule has 1 aliphatic heterocycles. The summed E-state index contributed by atoms with van der Waals surface area (Å²) in [5.41, 5.74) is 7.91. The first kappa shape index (κ1) is 21.8. The van der Waals surface area contributed by atoms with Crippen molar-refractivity contribution < 1.29 is 13.2 Å². The SMILES string of the molecule is Cc1ccc(S(=O)(=O)N2CCN(C(=O)c3csc(CN)n3)CC2)cc1C.Cl. The van der Waals surface area contributed by atoms with Crippen LogP contribution in [0.4, 0.5) is 0 Å². The van der Waals surface area contributed by atoms with Gasteiger partial charge >= 0.3 is 0 Å². The van der Waals surface area contributed by atoms with E-state index in [2.05, 4.69) is 4.98 Å². The highest BCUT2D eigenvalue weighted by Crippen LogP contribution is 2.21. The number of hydrogen-bond donors (Lipinski definition) is 1. The Labute approximate surface area is 169 Å². The first-order valence-electron chi connectivity index (χ1n) is 8.34. The highest BCUT2D eigenvalue weighted by molar-refractivity contribution is 7.89. The molecule has 10 heteroatoms. The fraction of sp³-hybridized carbons (Fsp3) is 0.412. The molecule has 0 aliphatic carbocycles. The number of carbonyl (C=O) groups excluding carboxylic acids is 1. The fourth-order valence-corrected chi connectivity index (χ4v) is 4.98. The van der Waals surface area contributed by atoms with Gasteiger partial charge in [0.15, 0.2) is 0 Å². The minimum absolute atomic E-state index is 0. The van der Waals surface area contributed by atoms with E-state index in [9.17, 15) is 13.2 Å². The number of piperazine rings is 1. The summed E-state index contributed by atoms with van der Waals surface area (Å²) in [6.45, 7) is 5.39. The predicted molar refractivity (Wildman–Crippen MR) is 108 cm³/mol. The molecule has 2 N–H and O–H groups in total. The van der Waals surface area contributed by atoms with E-state index in [1.165, 1.54) is 15.6 Å². The third kappa shape index (κ3) is 4.49. The molecule has 0 radical (unpaired) electrons. The third-order valence-electron chi connectivity index (χ3n) is 4.59. The van der Waals surface area contributed by atoms with Gasteiger partial charge < -0.3 is 10.6 Å². The highest BCUT2D eigenvalue weighted by atomic mass is 35.5. The molecule has 0 saturated carbocycles. The van der Waals surface area contributed by atoms with E-state index in [0.717, 1.165) is 11.1 Å². The Morgan fingerprint density at radius 2 is 1.85 bits per heavy atom. The van der Waals surface area contributed by atoms with Crippen LogP contribution in [0.1, 0.15) is 26.6 Å². The molecule has 1 aromatic heterocycles. The van der Waals surface area contributed by atoms with Gasteiger partial charge in [-0.1, -0.05) is 6.07 Å². The van der Waals surface area contributed by atoms with E-state index < -0.39 is 10.0 Å². The summed E-state index contributed by atoms with van der Waals surface area (Å²) in [5.74, 6) is -0.177. The van der Waals surface area contributed by atoms with Gasteiger partial charge in [-0.25, -0.2) is 13.4 Å². The van der Waals surface area contributed by atoms with E-state index in [-0.39, 0.29) is 31.4 Å². The molecule has 2 aromatic rings. The zero-order valence-corrected chi connectivity index (χ0v) is 17.7. The number of hydrogen-bond acceptors (Lipinski definition) is 6. The van der Waals surface area contributed by atoms with Crippen molar-refractivity contribution in [1.29, 1.82) is 0 Å². The zero-order chi connectivity index (χ0) is 18.9. The van der Waals surface area contributed by atoms with E-state index >= 15 is 0 Å². The summed E-state index contributed by atoms with van der Waals surface area (Å²) in [4.78, 5) is 18.6. The van der Waals surface area contributed by atoms with E-state index in [0.29, 0.717) is 35.2 Å². The summed E-state index contributed by atoms with van der Waals surface area (Å²) in [5, 5.41) is 2.41. The summed E-state index contributed by atoms with van der Waals surface area (Å²) in [6.07, 6.45) is 0. The number of carbonyl (C=O) groups is 1. The van der Waals surface area contributed by atoms with Gasteiger partial charge in [0.2, 0.25) is 10.0 Å². The van der Waals surface area contributed by atoms with E-state index in [1.807, 2.05) is 19.9 Å². The molecular formula is C17H23ClN4O3S2. The molecule has 0 spiro atoms. The smallest absolute Gasteiger partial charge is 0.273 e. The van der Waals surface area contributed by atoms with Gasteiger partial charge in [0, 0.05) is 38.1 Å². The molecule has 1 aliphatic rings. The topological polar surface area (TPSA) is 96.6 Å². The van der Waals surface area contributed by atoms with Crippen molar-refractivity contribution in [3.8, 4) is 0 Å². The molecular weight excluding hydrogens is 408 g/mol. The number of amides is 1. The fourth-order valence-electron chi connectivity index (χ4n) is 2.82. The second-order valence-corrected chi connectivity index (χ2v) is 9.15. The Balaban J connectivity index is 0.00000261. The van der Waals surface area contributed by atoms with Crippen LogP contribution in [0.25, 0.3) is 0 Å². The van der Waals surface area contributed by atoms with Gasteiger partial charge in [-0.15, -0.1) is 23.7 Å². The monoisotopic (exact) mass is 430 g/mol. The van der Waals surface area contributed by atoms with Crippen LogP contribution < -0.4 is 5.73 Å². The summed E-state index contributed by atoms with van der Waals surface area (Å²) in [6, 6.07) is 5.16. The van der Waals surface area contributed by atoms with Crippen molar-refractivity contribution in [2.24, 2.45) is 5.73 Å². The number of rotatable bonds is 4. The molecule has 148 valence electrons. The molecule has 3 rings (SSSR count). The Kier molecular flexibility index (Phi) is 6.98. The second-order valence-electron chi connectivity index (χ2n) is 6.27. The molecule has 0 bridgehead atoms. The van der Waals surface area contributed by atoms with Crippen LogP contribution in [0, 0.1) is 13.8 Å². The Morgan fingerprint density at radius 1 is 1.19 bits per heavy atom. The minimum atomic E-state index is -3.55. The van der Waals surface area contributed by atoms with E-state index in [4.69, 9.17) is 5.73 Å². The lowest BCUT2D eigenvalue weighted by Crippen LogP contribution is -2.50. The Morgan fingerprint density at radius 3 is 2.41 bits per heavy atom. The largest absolute Gasteiger partial charge is 0.335 e. The van der Waals surface area contributed by atoms with Crippen molar-refractivity contribution >= 4 is 39.7 Å². The van der Waals surface area contributed by atoms with Crippen molar-refractivity contribution in [3.63, 3.8) is 0 Å². The number of thiazole rings is 1. The van der Waals surface area contributed by atoms with Crippen molar-refractivity contribution in [3.05, 3.63) is 45.4 Å². The average molecular weight is 431 g/mol. The van der Waals surface area contributed by atoms with E-state index in [1.54, 1.807) is 22.4 Å². The van der Waals surface area contributed by atoms with Crippen molar-refractivity contribution in [1.82, 2.24) is 14.2 Å². The van der Waals surface area contributed by atoms with Gasteiger partial charge in [0.05, 0.1) is 4.90 Å². The van der Waals surface area contributed by atoms with Gasteiger partial charge in [-0.3, -0.25) is 4.79 Å². The van der Waals surface area contributed by atoms with Crippen LogP contribution in [0.2, 0.25) is 0 Å². The van der Waals surface area contributed by atoms with Gasteiger partial charge in [-0.2, -0.15) is 4.31 Å². The molecule has 2 heterocycles. The number of halogens is 1. The quantitative estimate of drug-likeness (QED) is 0.797. The molecule has 0 unspecified atom stereocenters. The van der Waals surface area contributed by atoms with Gasteiger partial charge in [0.1, 0.15) is 10.7 Å². The third-order valence-corrected chi connectivity index (χ3v) is 7.35. The molecule has 1 fully saturated rings. The molecule has 27 heavy (non-hydrogen) atoms. The first-order chi connectivity index (χ1) is 12.3. The Hall–Kier alpha value is -1.52. The summed E-state index contributed by atoms with van der Waals surface area (Å²) >= 11 is 1.36. The first-order valence-corrected chi connectivity index (χ1v) is 10.7. The van der Waals surface area contributed by atoms with Crippen LogP contribution in [-0.2, 0) is 16.6 Å². The number of nitrogens with zero attached hydrogens (tertiary/aromatic N) is 3. The van der Waals surface area contributed by atoms with Crippen molar-refractivity contribution in [2.75, 3.05) is 26.2 Å². The van der Waals surface area contributed by atoms with Crippen LogP contribution in [0.5, 0.6) is 0 Å².